The summed E-state index contributed by atoms with van der Waals surface area (Å²) in [7, 11) is 0. The van der Waals surface area contributed by atoms with Crippen molar-refractivity contribution in [3.63, 3.8) is 0 Å². The van der Waals surface area contributed by atoms with E-state index in [1.807, 2.05) is 0 Å². The summed E-state index contributed by atoms with van der Waals surface area (Å²) >= 11 is 0. The molecule has 14 heavy (non-hydrogen) atoms. The molecule has 2 atom stereocenters. The lowest BCUT2D eigenvalue weighted by atomic mass is 9.70. The van der Waals surface area contributed by atoms with Crippen molar-refractivity contribution in [2.24, 2.45) is 11.3 Å². The van der Waals surface area contributed by atoms with Gasteiger partial charge in [-0.05, 0) is 19.3 Å². The van der Waals surface area contributed by atoms with Gasteiger partial charge in [0.25, 0.3) is 0 Å². The monoisotopic (exact) mass is 194 g/mol. The van der Waals surface area contributed by atoms with Crippen LogP contribution in [0.3, 0.4) is 0 Å². The molecule has 2 unspecified atom stereocenters. The van der Waals surface area contributed by atoms with Crippen molar-refractivity contribution in [1.82, 2.24) is 0 Å². The van der Waals surface area contributed by atoms with Gasteiger partial charge in [-0.25, -0.2) is 4.58 Å². The maximum Gasteiger partial charge on any atom is 0.161 e. The zero-order valence-electron chi connectivity index (χ0n) is 9.97. The average Bonchev–Trinajstić information content (AvgIpc) is 2.18. The molecule has 0 saturated carbocycles. The summed E-state index contributed by atoms with van der Waals surface area (Å²) in [6, 6.07) is 0. The minimum atomic E-state index is 0.526. The molecule has 0 radical (unpaired) electrons. The third kappa shape index (κ3) is 1.51. The van der Waals surface area contributed by atoms with E-state index in [2.05, 4.69) is 25.3 Å². The molecular weight excluding hydrogens is 170 g/mol. The quantitative estimate of drug-likeness (QED) is 0.564. The van der Waals surface area contributed by atoms with E-state index in [-0.39, 0.29) is 0 Å². The van der Waals surface area contributed by atoms with Crippen molar-refractivity contribution in [1.29, 1.82) is 0 Å². The summed E-state index contributed by atoms with van der Waals surface area (Å²) < 4.78 is 2.70. The highest BCUT2D eigenvalue weighted by Crippen LogP contribution is 2.37. The number of nitrogens with zero attached hydrogens (tertiary/aromatic N) is 1. The van der Waals surface area contributed by atoms with Crippen molar-refractivity contribution in [3.8, 4) is 0 Å². The van der Waals surface area contributed by atoms with E-state index in [9.17, 15) is 0 Å². The predicted octanol–water partition coefficient (Wildman–Crippen LogP) is 3.08. The Kier molecular flexibility index (Phi) is 2.68. The third-order valence-electron chi connectivity index (χ3n) is 4.43. The number of hydrogen-bond donors (Lipinski definition) is 0. The molecule has 0 amide bonds. The van der Waals surface area contributed by atoms with Crippen LogP contribution in [0.2, 0.25) is 0 Å². The Morgan fingerprint density at radius 1 is 1.36 bits per heavy atom. The fourth-order valence-electron chi connectivity index (χ4n) is 3.51. The Bertz CT molecular complexity index is 250. The van der Waals surface area contributed by atoms with Gasteiger partial charge in [-0.2, -0.15) is 0 Å². The lowest BCUT2D eigenvalue weighted by Crippen LogP contribution is -2.46. The van der Waals surface area contributed by atoms with Crippen LogP contribution in [0.15, 0.2) is 0 Å². The van der Waals surface area contributed by atoms with E-state index in [1.165, 1.54) is 45.2 Å². The minimum Gasteiger partial charge on any atom is -0.236 e. The largest absolute Gasteiger partial charge is 0.236 e. The molecule has 0 N–H and O–H groups in total. The zero-order chi connectivity index (χ0) is 10.2. The Morgan fingerprint density at radius 3 is 2.79 bits per heavy atom. The first-order valence-electron chi connectivity index (χ1n) is 6.29. The fraction of sp³-hybridized carbons (Fsp3) is 0.923. The highest BCUT2D eigenvalue weighted by Gasteiger charge is 2.43. The molecule has 80 valence electrons. The molecule has 0 bridgehead atoms. The standard InChI is InChI=1S/C13H24N/c1-4-13(3)8-6-10-14-9-5-7-11(2)12(13)14/h11H,4-10H2,1-3H3/q+1. The Labute approximate surface area is 88.2 Å². The van der Waals surface area contributed by atoms with Crippen LogP contribution in [0.1, 0.15) is 52.9 Å². The van der Waals surface area contributed by atoms with Gasteiger partial charge in [-0.3, -0.25) is 0 Å². The van der Waals surface area contributed by atoms with Gasteiger partial charge in [0, 0.05) is 24.2 Å². The van der Waals surface area contributed by atoms with Crippen LogP contribution >= 0.6 is 0 Å². The first-order valence-corrected chi connectivity index (χ1v) is 6.29. The highest BCUT2D eigenvalue weighted by atomic mass is 15.0. The van der Waals surface area contributed by atoms with Gasteiger partial charge < -0.3 is 0 Å². The van der Waals surface area contributed by atoms with Gasteiger partial charge in [-0.1, -0.05) is 20.8 Å². The van der Waals surface area contributed by atoms with Crippen molar-refractivity contribution < 1.29 is 4.58 Å². The molecule has 0 spiro atoms. The fourth-order valence-corrected chi connectivity index (χ4v) is 3.51. The molecule has 0 saturated heterocycles. The Balaban J connectivity index is 2.37. The third-order valence-corrected chi connectivity index (χ3v) is 4.43. The van der Waals surface area contributed by atoms with Gasteiger partial charge in [0.15, 0.2) is 5.71 Å². The van der Waals surface area contributed by atoms with Crippen molar-refractivity contribution in [2.75, 3.05) is 13.1 Å². The highest BCUT2D eigenvalue weighted by molar-refractivity contribution is 5.88. The van der Waals surface area contributed by atoms with Crippen LogP contribution in [0.5, 0.6) is 0 Å². The summed E-state index contributed by atoms with van der Waals surface area (Å²) in [5, 5.41) is 0. The lowest BCUT2D eigenvalue weighted by Gasteiger charge is -2.37. The average molecular weight is 194 g/mol. The van der Waals surface area contributed by atoms with Crippen molar-refractivity contribution in [2.45, 2.75) is 52.9 Å². The summed E-state index contributed by atoms with van der Waals surface area (Å²) in [4.78, 5) is 0. The van der Waals surface area contributed by atoms with E-state index < -0.39 is 0 Å². The predicted molar refractivity (Wildman–Crippen MR) is 61.0 cm³/mol. The molecule has 2 aliphatic heterocycles. The van der Waals surface area contributed by atoms with Gasteiger partial charge >= 0.3 is 0 Å². The first kappa shape index (κ1) is 10.2. The SMILES string of the molecule is CCC1(C)CCC[N+]2=C1C(C)CCC2. The van der Waals surface area contributed by atoms with E-state index >= 15 is 0 Å². The van der Waals surface area contributed by atoms with Gasteiger partial charge in [0.05, 0.1) is 0 Å². The second-order valence-corrected chi connectivity index (χ2v) is 5.43. The van der Waals surface area contributed by atoms with E-state index in [0.717, 1.165) is 5.92 Å². The Morgan fingerprint density at radius 2 is 2.07 bits per heavy atom. The maximum absolute atomic E-state index is 2.70. The first-order chi connectivity index (χ1) is 6.67. The summed E-state index contributed by atoms with van der Waals surface area (Å²) in [6.45, 7) is 9.93. The molecule has 0 aliphatic carbocycles. The van der Waals surface area contributed by atoms with Gasteiger partial charge in [0.2, 0.25) is 0 Å². The molecule has 0 aromatic rings. The maximum atomic E-state index is 2.70. The molecular formula is C13H24N+. The molecule has 2 aliphatic rings. The second kappa shape index (κ2) is 3.67. The van der Waals surface area contributed by atoms with Crippen LogP contribution < -0.4 is 0 Å². The van der Waals surface area contributed by atoms with Crippen LogP contribution in [-0.4, -0.2) is 23.4 Å². The van der Waals surface area contributed by atoms with E-state index in [0.29, 0.717) is 5.41 Å². The summed E-state index contributed by atoms with van der Waals surface area (Å²) in [5.74, 6) is 0.842. The normalized spacial score (nSPS) is 38.4. The van der Waals surface area contributed by atoms with Crippen molar-refractivity contribution in [3.05, 3.63) is 0 Å². The number of hydrogen-bond acceptors (Lipinski definition) is 0. The van der Waals surface area contributed by atoms with Crippen LogP contribution in [0.25, 0.3) is 0 Å². The molecule has 1 nitrogen and oxygen atoms in total. The molecule has 1 heteroatoms. The number of rotatable bonds is 1. The van der Waals surface area contributed by atoms with Gasteiger partial charge in [0.1, 0.15) is 13.1 Å². The van der Waals surface area contributed by atoms with E-state index in [4.69, 9.17) is 0 Å². The molecule has 2 rings (SSSR count). The summed E-state index contributed by atoms with van der Waals surface area (Å²) in [6.07, 6.45) is 6.97. The Hall–Kier alpha value is -0.330. The summed E-state index contributed by atoms with van der Waals surface area (Å²) in [5.41, 5.74) is 2.32. The van der Waals surface area contributed by atoms with Gasteiger partial charge in [-0.15, -0.1) is 0 Å². The molecule has 0 aromatic heterocycles. The topological polar surface area (TPSA) is 3.01 Å². The van der Waals surface area contributed by atoms with Crippen LogP contribution in [0.4, 0.5) is 0 Å². The minimum absolute atomic E-state index is 0.526. The lowest BCUT2D eigenvalue weighted by molar-refractivity contribution is -0.545. The molecule has 0 fully saturated rings. The zero-order valence-corrected chi connectivity index (χ0v) is 9.97. The van der Waals surface area contributed by atoms with Crippen molar-refractivity contribution >= 4 is 5.71 Å². The molecule has 0 aromatic carbocycles. The van der Waals surface area contributed by atoms with Crippen LogP contribution in [0, 0.1) is 11.3 Å². The van der Waals surface area contributed by atoms with Crippen LogP contribution in [-0.2, 0) is 0 Å². The van der Waals surface area contributed by atoms with E-state index in [1.54, 1.807) is 5.71 Å². The second-order valence-electron chi connectivity index (χ2n) is 5.43. The smallest absolute Gasteiger partial charge is 0.161 e. The molecule has 2 heterocycles.